The predicted molar refractivity (Wildman–Crippen MR) is 107 cm³/mol. The summed E-state index contributed by atoms with van der Waals surface area (Å²) in [6.45, 7) is 2.00. The zero-order chi connectivity index (χ0) is 19.2. The summed E-state index contributed by atoms with van der Waals surface area (Å²) in [6, 6.07) is 16.6. The van der Waals surface area contributed by atoms with Gasteiger partial charge in [-0.3, -0.25) is 4.79 Å². The normalized spacial score (nSPS) is 11.7. The number of rotatable bonds is 5. The van der Waals surface area contributed by atoms with Crippen LogP contribution in [0.4, 0.5) is 5.69 Å². The maximum absolute atomic E-state index is 12.5. The Bertz CT molecular complexity index is 1070. The average molecular weight is 360 g/mol. The van der Waals surface area contributed by atoms with Gasteiger partial charge >= 0.3 is 0 Å². The molecule has 2 aromatic carbocycles. The third-order valence-electron chi connectivity index (χ3n) is 3.90. The van der Waals surface area contributed by atoms with Gasteiger partial charge in [-0.15, -0.1) is 0 Å². The number of methoxy groups -OCH3 is 1. The Morgan fingerprint density at radius 1 is 1.19 bits per heavy atom. The molecule has 0 fully saturated rings. The van der Waals surface area contributed by atoms with Gasteiger partial charge < -0.3 is 10.5 Å². The molecule has 3 rings (SSSR count). The van der Waals surface area contributed by atoms with Gasteiger partial charge in [0, 0.05) is 12.3 Å². The number of aryl methyl sites for hydroxylation is 1. The van der Waals surface area contributed by atoms with Crippen LogP contribution >= 0.6 is 0 Å². The molecule has 6 heteroatoms. The maximum atomic E-state index is 12.5. The van der Waals surface area contributed by atoms with Crippen LogP contribution in [0, 0.1) is 6.92 Å². The summed E-state index contributed by atoms with van der Waals surface area (Å²) in [5.41, 5.74) is 8.42. The molecule has 0 aliphatic rings. The first-order valence-electron chi connectivity index (χ1n) is 8.40. The van der Waals surface area contributed by atoms with Crippen LogP contribution in [0.1, 0.15) is 11.3 Å². The molecule has 0 radical (unpaired) electrons. The van der Waals surface area contributed by atoms with Crippen molar-refractivity contribution < 1.29 is 4.74 Å². The summed E-state index contributed by atoms with van der Waals surface area (Å²) in [6.07, 6.45) is 4.52. The monoisotopic (exact) mass is 360 g/mol. The van der Waals surface area contributed by atoms with Gasteiger partial charge in [0.25, 0.3) is 0 Å². The van der Waals surface area contributed by atoms with Crippen LogP contribution in [-0.2, 0) is 0 Å². The van der Waals surface area contributed by atoms with Crippen molar-refractivity contribution in [3.63, 3.8) is 0 Å². The highest BCUT2D eigenvalue weighted by Gasteiger charge is 2.11. The first-order chi connectivity index (χ1) is 13.1. The Balaban J connectivity index is 2.15. The number of allylic oxidation sites excluding steroid dienone is 1. The largest absolute Gasteiger partial charge is 0.494 e. The van der Waals surface area contributed by atoms with E-state index in [2.05, 4.69) is 10.1 Å². The molecule has 3 aromatic rings. The Morgan fingerprint density at radius 3 is 2.74 bits per heavy atom. The lowest BCUT2D eigenvalue weighted by Gasteiger charge is -2.09. The van der Waals surface area contributed by atoms with Gasteiger partial charge in [-0.25, -0.2) is 9.67 Å². The molecule has 27 heavy (non-hydrogen) atoms. The SMILES string of the molecule is COc1ccccc1N=C(C=CN)c1nn(-c2cccc(C)c2)ccc1=O. The molecule has 6 nitrogen and oxygen atoms in total. The van der Waals surface area contributed by atoms with Crippen LogP contribution in [-0.4, -0.2) is 22.6 Å². The van der Waals surface area contributed by atoms with Crippen molar-refractivity contribution in [2.45, 2.75) is 6.92 Å². The Hall–Kier alpha value is -3.67. The second kappa shape index (κ2) is 8.14. The lowest BCUT2D eigenvalue weighted by atomic mass is 10.2. The van der Waals surface area contributed by atoms with Crippen molar-refractivity contribution in [2.24, 2.45) is 10.7 Å². The second-order valence-corrected chi connectivity index (χ2v) is 5.84. The van der Waals surface area contributed by atoms with Crippen LogP contribution in [0.15, 0.2) is 82.9 Å². The zero-order valence-corrected chi connectivity index (χ0v) is 15.2. The fourth-order valence-corrected chi connectivity index (χ4v) is 2.61. The van der Waals surface area contributed by atoms with Gasteiger partial charge in [0.15, 0.2) is 5.69 Å². The molecule has 1 heterocycles. The van der Waals surface area contributed by atoms with Gasteiger partial charge in [-0.2, -0.15) is 5.10 Å². The van der Waals surface area contributed by atoms with E-state index in [0.29, 0.717) is 17.1 Å². The smallest absolute Gasteiger partial charge is 0.209 e. The number of nitrogens with zero attached hydrogens (tertiary/aromatic N) is 3. The van der Waals surface area contributed by atoms with E-state index in [1.807, 2.05) is 43.3 Å². The standard InChI is InChI=1S/C21H20N4O2/c1-15-6-5-7-16(14-15)25-13-11-19(26)21(24-25)18(10-12-22)23-17-8-3-4-9-20(17)27-2/h3-14H,22H2,1-2H3. The van der Waals surface area contributed by atoms with E-state index in [4.69, 9.17) is 10.5 Å². The van der Waals surface area contributed by atoms with E-state index in [0.717, 1.165) is 11.3 Å². The summed E-state index contributed by atoms with van der Waals surface area (Å²) in [5.74, 6) is 0.593. The lowest BCUT2D eigenvalue weighted by molar-refractivity contribution is 0.416. The number of aromatic nitrogens is 2. The minimum atomic E-state index is -0.245. The first-order valence-corrected chi connectivity index (χ1v) is 8.40. The summed E-state index contributed by atoms with van der Waals surface area (Å²) < 4.78 is 6.98. The van der Waals surface area contributed by atoms with E-state index in [9.17, 15) is 4.79 Å². The number of ether oxygens (including phenoxy) is 1. The van der Waals surface area contributed by atoms with Crippen LogP contribution in [0.25, 0.3) is 5.69 Å². The van der Waals surface area contributed by atoms with Crippen molar-refractivity contribution in [2.75, 3.05) is 7.11 Å². The average Bonchev–Trinajstić information content (AvgIpc) is 2.68. The van der Waals surface area contributed by atoms with Crippen molar-refractivity contribution in [1.82, 2.24) is 9.78 Å². The molecule has 2 N–H and O–H groups in total. The lowest BCUT2D eigenvalue weighted by Crippen LogP contribution is -2.20. The van der Waals surface area contributed by atoms with Gasteiger partial charge in [0.2, 0.25) is 5.43 Å². The van der Waals surface area contributed by atoms with E-state index in [-0.39, 0.29) is 11.1 Å². The zero-order valence-electron chi connectivity index (χ0n) is 15.2. The van der Waals surface area contributed by atoms with Gasteiger partial charge in [0.05, 0.1) is 18.5 Å². The van der Waals surface area contributed by atoms with Gasteiger partial charge in [-0.05, 0) is 49.0 Å². The molecule has 0 unspecified atom stereocenters. The number of hydrogen-bond acceptors (Lipinski definition) is 5. The summed E-state index contributed by atoms with van der Waals surface area (Å²) in [4.78, 5) is 17.0. The number of aliphatic imine (C=N–C) groups is 1. The minimum absolute atomic E-state index is 0.201. The van der Waals surface area contributed by atoms with E-state index < -0.39 is 0 Å². The molecule has 0 saturated carbocycles. The number of benzene rings is 2. The maximum Gasteiger partial charge on any atom is 0.209 e. The molecule has 0 aliphatic heterocycles. The topological polar surface area (TPSA) is 82.5 Å². The Labute approximate surface area is 157 Å². The molecule has 0 bridgehead atoms. The third-order valence-corrected chi connectivity index (χ3v) is 3.90. The predicted octanol–water partition coefficient (Wildman–Crippen LogP) is 3.14. The molecule has 1 aromatic heterocycles. The van der Waals surface area contributed by atoms with Crippen LogP contribution in [0.5, 0.6) is 5.75 Å². The quantitative estimate of drug-likeness (QED) is 0.709. The summed E-state index contributed by atoms with van der Waals surface area (Å²) in [7, 11) is 1.57. The molecular formula is C21H20N4O2. The van der Waals surface area contributed by atoms with E-state index in [1.54, 1.807) is 36.2 Å². The number of hydrogen-bond donors (Lipinski definition) is 1. The fourth-order valence-electron chi connectivity index (χ4n) is 2.61. The molecular weight excluding hydrogens is 340 g/mol. The summed E-state index contributed by atoms with van der Waals surface area (Å²) in [5, 5.41) is 4.48. The Morgan fingerprint density at radius 2 is 2.00 bits per heavy atom. The highest BCUT2D eigenvalue weighted by molar-refractivity contribution is 6.08. The van der Waals surface area contributed by atoms with Crippen LogP contribution in [0.3, 0.4) is 0 Å². The Kier molecular flexibility index (Phi) is 5.47. The van der Waals surface area contributed by atoms with Crippen molar-refractivity contribution in [3.8, 4) is 11.4 Å². The molecule has 0 amide bonds. The molecule has 136 valence electrons. The van der Waals surface area contributed by atoms with Crippen LogP contribution in [0.2, 0.25) is 0 Å². The van der Waals surface area contributed by atoms with Crippen molar-refractivity contribution in [3.05, 3.63) is 94.6 Å². The van der Waals surface area contributed by atoms with Crippen molar-refractivity contribution >= 4 is 11.4 Å². The molecule has 0 atom stereocenters. The van der Waals surface area contributed by atoms with Crippen molar-refractivity contribution in [1.29, 1.82) is 0 Å². The van der Waals surface area contributed by atoms with Gasteiger partial charge in [0.1, 0.15) is 11.4 Å². The highest BCUT2D eigenvalue weighted by Crippen LogP contribution is 2.27. The highest BCUT2D eigenvalue weighted by atomic mass is 16.5. The molecule has 0 aliphatic carbocycles. The third kappa shape index (κ3) is 4.12. The first kappa shape index (κ1) is 18.1. The second-order valence-electron chi connectivity index (χ2n) is 5.84. The van der Waals surface area contributed by atoms with E-state index >= 15 is 0 Å². The number of nitrogens with two attached hydrogens (primary N) is 1. The molecule has 0 saturated heterocycles. The number of para-hydroxylation sites is 2. The fraction of sp³-hybridized carbons (Fsp3) is 0.0952. The minimum Gasteiger partial charge on any atom is -0.494 e. The van der Waals surface area contributed by atoms with E-state index in [1.165, 1.54) is 12.3 Å². The summed E-state index contributed by atoms with van der Waals surface area (Å²) >= 11 is 0. The molecule has 0 spiro atoms. The van der Waals surface area contributed by atoms with Crippen LogP contribution < -0.4 is 15.9 Å². The van der Waals surface area contributed by atoms with Gasteiger partial charge in [-0.1, -0.05) is 24.3 Å².